The van der Waals surface area contributed by atoms with Crippen LogP contribution in [-0.2, 0) is 0 Å². The van der Waals surface area contributed by atoms with Gasteiger partial charge in [-0.15, -0.1) is 0 Å². The summed E-state index contributed by atoms with van der Waals surface area (Å²) < 4.78 is 36.1. The third-order valence-electron chi connectivity index (χ3n) is 3.19. The molecule has 0 radical (unpaired) electrons. The topological polar surface area (TPSA) is 29.3 Å². The van der Waals surface area contributed by atoms with Gasteiger partial charge in [0.25, 0.3) is 0 Å². The fraction of sp³-hybridized carbons (Fsp3) is 1.00. The lowest BCUT2D eigenvalue weighted by Crippen LogP contribution is -2.52. The Labute approximate surface area is 96.0 Å². The maximum absolute atomic E-state index is 12.0. The second-order valence-corrected chi connectivity index (χ2v) is 5.71. The van der Waals surface area contributed by atoms with Gasteiger partial charge in [0.1, 0.15) is 0 Å². The molecule has 0 heterocycles. The molecule has 2 nitrogen and oxygen atoms in total. The lowest BCUT2D eigenvalue weighted by molar-refractivity contribution is -0.138. The van der Waals surface area contributed by atoms with Crippen molar-refractivity contribution in [2.75, 3.05) is 20.1 Å². The molecule has 0 aliphatic carbocycles. The Bertz CT molecular complexity index is 216. The Balaban J connectivity index is 4.20. The van der Waals surface area contributed by atoms with Crippen molar-refractivity contribution in [1.82, 2.24) is 4.90 Å². The van der Waals surface area contributed by atoms with Gasteiger partial charge in [-0.05, 0) is 26.3 Å². The quantitative estimate of drug-likeness (QED) is 0.800. The molecule has 0 aliphatic rings. The Hall–Kier alpha value is -0.290. The molecule has 98 valence electrons. The molecule has 0 aromatic carbocycles. The molecule has 0 rings (SSSR count). The van der Waals surface area contributed by atoms with Gasteiger partial charge in [-0.25, -0.2) is 0 Å². The smallest absolute Gasteiger partial charge is 0.325 e. The van der Waals surface area contributed by atoms with Crippen molar-refractivity contribution < 1.29 is 13.2 Å². The van der Waals surface area contributed by atoms with Crippen LogP contribution >= 0.6 is 0 Å². The highest BCUT2D eigenvalue weighted by Gasteiger charge is 2.35. The molecular weight excluding hydrogens is 217 g/mol. The van der Waals surface area contributed by atoms with Gasteiger partial charge in [0.15, 0.2) is 0 Å². The Morgan fingerprint density at radius 3 is 1.81 bits per heavy atom. The fourth-order valence-corrected chi connectivity index (χ4v) is 1.28. The third-order valence-corrected chi connectivity index (χ3v) is 3.19. The minimum Gasteiger partial charge on any atom is -0.325 e. The molecule has 2 N–H and O–H groups in total. The average molecular weight is 240 g/mol. The van der Waals surface area contributed by atoms with Gasteiger partial charge in [0.05, 0.1) is 6.42 Å². The Morgan fingerprint density at radius 1 is 1.06 bits per heavy atom. The maximum Gasteiger partial charge on any atom is 0.390 e. The van der Waals surface area contributed by atoms with Crippen LogP contribution < -0.4 is 5.73 Å². The largest absolute Gasteiger partial charge is 0.390 e. The van der Waals surface area contributed by atoms with Gasteiger partial charge in [-0.2, -0.15) is 13.2 Å². The summed E-state index contributed by atoms with van der Waals surface area (Å²) >= 11 is 0. The predicted octanol–water partition coefficient (Wildman–Crippen LogP) is 2.63. The van der Waals surface area contributed by atoms with Gasteiger partial charge in [0, 0.05) is 18.6 Å². The molecule has 0 unspecified atom stereocenters. The fourth-order valence-electron chi connectivity index (χ4n) is 1.28. The predicted molar refractivity (Wildman–Crippen MR) is 60.2 cm³/mol. The highest BCUT2D eigenvalue weighted by atomic mass is 19.4. The molecule has 0 saturated carbocycles. The zero-order chi connectivity index (χ0) is 13.2. The molecule has 0 atom stereocenters. The van der Waals surface area contributed by atoms with Gasteiger partial charge in [0.2, 0.25) is 0 Å². The first-order valence-corrected chi connectivity index (χ1v) is 5.39. The summed E-state index contributed by atoms with van der Waals surface area (Å²) in [5, 5.41) is 0. The van der Waals surface area contributed by atoms with E-state index in [-0.39, 0.29) is 12.0 Å². The van der Waals surface area contributed by atoms with E-state index < -0.39 is 18.1 Å². The van der Waals surface area contributed by atoms with Crippen LogP contribution in [0, 0.1) is 5.41 Å². The van der Waals surface area contributed by atoms with Crippen LogP contribution in [0.4, 0.5) is 13.2 Å². The highest BCUT2D eigenvalue weighted by Crippen LogP contribution is 2.29. The van der Waals surface area contributed by atoms with Crippen molar-refractivity contribution in [3.05, 3.63) is 0 Å². The van der Waals surface area contributed by atoms with E-state index >= 15 is 0 Å². The molecule has 16 heavy (non-hydrogen) atoms. The molecule has 0 aromatic heterocycles. The van der Waals surface area contributed by atoms with Crippen LogP contribution in [0.25, 0.3) is 0 Å². The van der Waals surface area contributed by atoms with Crippen LogP contribution in [0.2, 0.25) is 0 Å². The van der Waals surface area contributed by atoms with Crippen molar-refractivity contribution in [2.24, 2.45) is 11.1 Å². The standard InChI is InChI=1S/C11H23F3N2/c1-9(2,10(3,4)15)8-16(5)7-6-11(12,13)14/h6-8,15H2,1-5H3. The van der Waals surface area contributed by atoms with Crippen molar-refractivity contribution in [3.8, 4) is 0 Å². The number of hydrogen-bond acceptors (Lipinski definition) is 2. The molecule has 0 spiro atoms. The molecule has 0 aromatic rings. The summed E-state index contributed by atoms with van der Waals surface area (Å²) in [6.45, 7) is 8.29. The highest BCUT2D eigenvalue weighted by molar-refractivity contribution is 4.91. The van der Waals surface area contributed by atoms with E-state index in [9.17, 15) is 13.2 Å². The molecule has 0 amide bonds. The van der Waals surface area contributed by atoms with Crippen molar-refractivity contribution in [1.29, 1.82) is 0 Å². The van der Waals surface area contributed by atoms with E-state index in [4.69, 9.17) is 5.73 Å². The average Bonchev–Trinajstić information content (AvgIpc) is 1.96. The van der Waals surface area contributed by atoms with Crippen LogP contribution in [-0.4, -0.2) is 36.8 Å². The van der Waals surface area contributed by atoms with Gasteiger partial charge in [-0.3, -0.25) is 0 Å². The van der Waals surface area contributed by atoms with Gasteiger partial charge in [-0.1, -0.05) is 13.8 Å². The van der Waals surface area contributed by atoms with Crippen LogP contribution in [0.3, 0.4) is 0 Å². The number of rotatable bonds is 5. The minimum atomic E-state index is -4.09. The van der Waals surface area contributed by atoms with Gasteiger partial charge >= 0.3 is 6.18 Å². The van der Waals surface area contributed by atoms with E-state index in [1.807, 2.05) is 27.7 Å². The summed E-state index contributed by atoms with van der Waals surface area (Å²) in [7, 11) is 1.69. The van der Waals surface area contributed by atoms with Crippen molar-refractivity contribution in [3.63, 3.8) is 0 Å². The number of halogens is 3. The second-order valence-electron chi connectivity index (χ2n) is 5.71. The van der Waals surface area contributed by atoms with Crippen LogP contribution in [0.15, 0.2) is 0 Å². The lowest BCUT2D eigenvalue weighted by atomic mass is 9.75. The molecule has 0 saturated heterocycles. The zero-order valence-electron chi connectivity index (χ0n) is 10.8. The summed E-state index contributed by atoms with van der Waals surface area (Å²) in [4.78, 5) is 1.68. The van der Waals surface area contributed by atoms with Crippen LogP contribution in [0.5, 0.6) is 0 Å². The molecule has 0 fully saturated rings. The minimum absolute atomic E-state index is 0.0169. The van der Waals surface area contributed by atoms with E-state index in [2.05, 4.69) is 0 Å². The number of alkyl halides is 3. The normalized spacial score (nSPS) is 14.6. The molecule has 0 bridgehead atoms. The van der Waals surface area contributed by atoms with Crippen LogP contribution in [0.1, 0.15) is 34.1 Å². The van der Waals surface area contributed by atoms with E-state index in [1.54, 1.807) is 11.9 Å². The second kappa shape index (κ2) is 4.92. The summed E-state index contributed by atoms with van der Waals surface area (Å²) in [6.07, 6.45) is -4.86. The van der Waals surface area contributed by atoms with Crippen molar-refractivity contribution in [2.45, 2.75) is 45.8 Å². The van der Waals surface area contributed by atoms with Crippen molar-refractivity contribution >= 4 is 0 Å². The first-order valence-electron chi connectivity index (χ1n) is 5.39. The van der Waals surface area contributed by atoms with E-state index in [1.165, 1.54) is 0 Å². The maximum atomic E-state index is 12.0. The SMILES string of the molecule is CN(CCC(F)(F)F)CC(C)(C)C(C)(C)N. The third kappa shape index (κ3) is 5.70. The summed E-state index contributed by atoms with van der Waals surface area (Å²) in [6, 6.07) is 0. The lowest BCUT2D eigenvalue weighted by Gasteiger charge is -2.41. The first kappa shape index (κ1) is 15.7. The zero-order valence-corrected chi connectivity index (χ0v) is 10.8. The van der Waals surface area contributed by atoms with E-state index in [0.717, 1.165) is 0 Å². The Morgan fingerprint density at radius 2 is 1.50 bits per heavy atom. The van der Waals surface area contributed by atoms with E-state index in [0.29, 0.717) is 6.54 Å². The molecule has 0 aliphatic heterocycles. The number of nitrogens with two attached hydrogens (primary N) is 1. The number of nitrogens with zero attached hydrogens (tertiary/aromatic N) is 1. The molecule has 5 heteroatoms. The van der Waals surface area contributed by atoms with Gasteiger partial charge < -0.3 is 10.6 Å². The Kier molecular flexibility index (Phi) is 4.83. The first-order chi connectivity index (χ1) is 6.85. The summed E-state index contributed by atoms with van der Waals surface area (Å²) in [5.74, 6) is 0. The monoisotopic (exact) mass is 240 g/mol. The molecular formula is C11H23F3N2. The number of hydrogen-bond donors (Lipinski definition) is 1. The summed E-state index contributed by atoms with van der Waals surface area (Å²) in [5.41, 5.74) is 5.35.